The van der Waals surface area contributed by atoms with Crippen molar-refractivity contribution in [2.45, 2.75) is 45.4 Å². The van der Waals surface area contributed by atoms with Crippen LogP contribution in [0.3, 0.4) is 0 Å². The van der Waals surface area contributed by atoms with E-state index in [1.807, 2.05) is 0 Å². The smallest absolute Gasteiger partial charge is 0.0662 e. The number of aliphatic hydroxyl groups is 2. The van der Waals surface area contributed by atoms with Crippen molar-refractivity contribution in [2.24, 2.45) is 0 Å². The normalized spacial score (nSPS) is 6.00. The first kappa shape index (κ1) is 49.7. The zero-order valence-electron chi connectivity index (χ0n) is 18.2. The summed E-state index contributed by atoms with van der Waals surface area (Å²) in [4.78, 5) is 0. The van der Waals surface area contributed by atoms with Crippen LogP contribution in [0.2, 0.25) is 0 Å². The molecule has 0 amide bonds. The Hall–Kier alpha value is -1.68. The molecule has 0 aromatic carbocycles. The van der Waals surface area contributed by atoms with E-state index >= 15 is 0 Å². The maximum atomic E-state index is 7.62. The predicted octanol–water partition coefficient (Wildman–Crippen LogP) is 6.78. The van der Waals surface area contributed by atoms with E-state index in [1.165, 1.54) is 38.5 Å². The molecular weight excluding hydrogens is 324 g/mol. The molecule has 26 heavy (non-hydrogen) atoms. The fourth-order valence-electron chi connectivity index (χ4n) is 1.03. The second-order valence-electron chi connectivity index (χ2n) is 3.21. The summed E-state index contributed by atoms with van der Waals surface area (Å²) in [6.07, 6.45) is 8.10. The van der Waals surface area contributed by atoms with Crippen LogP contribution in [-0.4, -0.2) is 37.1 Å². The Bertz CT molecular complexity index is 116. The summed E-state index contributed by atoms with van der Waals surface area (Å²) in [5.41, 5.74) is 0. The van der Waals surface area contributed by atoms with Crippen LogP contribution in [0.25, 0.3) is 0 Å². The van der Waals surface area contributed by atoms with Crippen molar-refractivity contribution in [3.8, 4) is 0 Å². The molecule has 0 rings (SSSR count). The monoisotopic (exact) mass is 374 g/mol. The van der Waals surface area contributed by atoms with Gasteiger partial charge in [0.1, 0.15) is 0 Å². The van der Waals surface area contributed by atoms with Crippen LogP contribution >= 0.6 is 0 Å². The van der Waals surface area contributed by atoms with Crippen LogP contribution in [0.4, 0.5) is 0 Å². The van der Waals surface area contributed by atoms with Gasteiger partial charge in [0.25, 0.3) is 0 Å². The van der Waals surface area contributed by atoms with Gasteiger partial charge < -0.3 is 14.9 Å². The lowest BCUT2D eigenvalue weighted by Gasteiger charge is -1.98. The lowest BCUT2D eigenvalue weighted by atomic mass is 10.1. The SMILES string of the molecule is C=C.C=C.C=C.C=C.C=C.C=C.CCCCCCCCOC.OCCO. The number of hydrogen-bond acceptors (Lipinski definition) is 3. The van der Waals surface area contributed by atoms with Gasteiger partial charge in [-0.1, -0.05) is 39.0 Å². The average Bonchev–Trinajstić information content (AvgIpc) is 2.79. The standard InChI is InChI=1S/C9H20O.C2H6O2.6C2H4/c1-3-4-5-6-7-8-9-10-2;3-1-2-4;6*1-2/h3-9H2,1-2H3;3-4H,1-2H2;6*1-2H2. The van der Waals surface area contributed by atoms with Gasteiger partial charge in [0.05, 0.1) is 13.2 Å². The summed E-state index contributed by atoms with van der Waals surface area (Å²) in [5, 5.41) is 15.2. The first-order chi connectivity index (χ1) is 12.8. The van der Waals surface area contributed by atoms with Gasteiger partial charge in [0.2, 0.25) is 0 Å². The first-order valence-corrected chi connectivity index (χ1v) is 8.54. The molecule has 0 aliphatic heterocycles. The van der Waals surface area contributed by atoms with Crippen LogP contribution in [-0.2, 0) is 4.74 Å². The van der Waals surface area contributed by atoms with Crippen molar-refractivity contribution in [2.75, 3.05) is 26.9 Å². The quantitative estimate of drug-likeness (QED) is 0.364. The Balaban J connectivity index is -0.0000000285. The second-order valence-corrected chi connectivity index (χ2v) is 3.21. The van der Waals surface area contributed by atoms with Crippen LogP contribution in [0.1, 0.15) is 45.4 Å². The number of ether oxygens (including phenoxy) is 1. The highest BCUT2D eigenvalue weighted by molar-refractivity contribution is 4.42. The zero-order chi connectivity index (χ0) is 23.1. The molecule has 0 aromatic heterocycles. The molecule has 2 N–H and O–H groups in total. The predicted molar refractivity (Wildman–Crippen MR) is 127 cm³/mol. The molecule has 3 heteroatoms. The van der Waals surface area contributed by atoms with E-state index in [4.69, 9.17) is 14.9 Å². The van der Waals surface area contributed by atoms with E-state index in [0.717, 1.165) is 6.61 Å². The molecule has 0 radical (unpaired) electrons. The van der Waals surface area contributed by atoms with E-state index in [2.05, 4.69) is 85.9 Å². The lowest BCUT2D eigenvalue weighted by Crippen LogP contribution is -1.87. The van der Waals surface area contributed by atoms with Gasteiger partial charge in [-0.25, -0.2) is 0 Å². The van der Waals surface area contributed by atoms with Gasteiger partial charge >= 0.3 is 0 Å². The third-order valence-corrected chi connectivity index (χ3v) is 1.80. The molecule has 0 spiro atoms. The minimum absolute atomic E-state index is 0.125. The Morgan fingerprint density at radius 2 is 0.808 bits per heavy atom. The average molecular weight is 375 g/mol. The summed E-state index contributed by atoms with van der Waals surface area (Å²) < 4.78 is 4.95. The third kappa shape index (κ3) is 254. The molecule has 0 aliphatic rings. The highest BCUT2D eigenvalue weighted by atomic mass is 16.5. The molecule has 0 saturated heterocycles. The fraction of sp³-hybridized carbons (Fsp3) is 0.478. The molecule has 160 valence electrons. The number of hydrogen-bond donors (Lipinski definition) is 2. The van der Waals surface area contributed by atoms with Crippen LogP contribution in [0, 0.1) is 0 Å². The molecule has 0 saturated carbocycles. The Labute approximate surface area is 166 Å². The molecular formula is C23H50O3. The maximum absolute atomic E-state index is 7.62. The summed E-state index contributed by atoms with van der Waals surface area (Å²) in [7, 11) is 1.77. The number of methoxy groups -OCH3 is 1. The van der Waals surface area contributed by atoms with E-state index in [0.29, 0.717) is 0 Å². The Kier molecular flexibility index (Phi) is 321. The van der Waals surface area contributed by atoms with Gasteiger partial charge in [-0.05, 0) is 6.42 Å². The van der Waals surface area contributed by atoms with E-state index in [1.54, 1.807) is 7.11 Å². The van der Waals surface area contributed by atoms with Crippen LogP contribution in [0.5, 0.6) is 0 Å². The lowest BCUT2D eigenvalue weighted by molar-refractivity contribution is 0.186. The topological polar surface area (TPSA) is 49.7 Å². The van der Waals surface area contributed by atoms with E-state index in [-0.39, 0.29) is 13.2 Å². The largest absolute Gasteiger partial charge is 0.394 e. The van der Waals surface area contributed by atoms with Crippen molar-refractivity contribution in [3.05, 3.63) is 78.9 Å². The van der Waals surface area contributed by atoms with Gasteiger partial charge in [0.15, 0.2) is 0 Å². The molecule has 0 unspecified atom stereocenters. The summed E-state index contributed by atoms with van der Waals surface area (Å²) in [6, 6.07) is 0. The highest BCUT2D eigenvalue weighted by Gasteiger charge is 1.87. The highest BCUT2D eigenvalue weighted by Crippen LogP contribution is 2.04. The molecule has 0 fully saturated rings. The number of unbranched alkanes of at least 4 members (excludes halogenated alkanes) is 5. The van der Waals surface area contributed by atoms with Gasteiger partial charge in [-0.2, -0.15) is 0 Å². The van der Waals surface area contributed by atoms with E-state index < -0.39 is 0 Å². The zero-order valence-corrected chi connectivity index (χ0v) is 18.2. The van der Waals surface area contributed by atoms with Crippen LogP contribution in [0.15, 0.2) is 78.9 Å². The van der Waals surface area contributed by atoms with Gasteiger partial charge in [-0.3, -0.25) is 0 Å². The Morgan fingerprint density at radius 1 is 0.538 bits per heavy atom. The van der Waals surface area contributed by atoms with Crippen LogP contribution < -0.4 is 0 Å². The van der Waals surface area contributed by atoms with Crippen molar-refractivity contribution in [1.82, 2.24) is 0 Å². The van der Waals surface area contributed by atoms with Gasteiger partial charge in [0, 0.05) is 13.7 Å². The second kappa shape index (κ2) is 168. The fourth-order valence-corrected chi connectivity index (χ4v) is 1.03. The molecule has 0 heterocycles. The van der Waals surface area contributed by atoms with Crippen molar-refractivity contribution in [1.29, 1.82) is 0 Å². The van der Waals surface area contributed by atoms with Crippen molar-refractivity contribution >= 4 is 0 Å². The van der Waals surface area contributed by atoms with Crippen molar-refractivity contribution < 1.29 is 14.9 Å². The summed E-state index contributed by atoms with van der Waals surface area (Å²) >= 11 is 0. The molecule has 0 atom stereocenters. The van der Waals surface area contributed by atoms with Gasteiger partial charge in [-0.15, -0.1) is 78.9 Å². The summed E-state index contributed by atoms with van der Waals surface area (Å²) in [6.45, 7) is 38.9. The first-order valence-electron chi connectivity index (χ1n) is 8.54. The van der Waals surface area contributed by atoms with Crippen molar-refractivity contribution in [3.63, 3.8) is 0 Å². The maximum Gasteiger partial charge on any atom is 0.0662 e. The number of rotatable bonds is 8. The molecule has 0 bridgehead atoms. The molecule has 0 aromatic rings. The number of aliphatic hydroxyl groups excluding tert-OH is 2. The minimum Gasteiger partial charge on any atom is -0.394 e. The molecule has 0 aliphatic carbocycles. The molecule has 3 nitrogen and oxygen atoms in total. The Morgan fingerprint density at radius 3 is 1.04 bits per heavy atom. The third-order valence-electron chi connectivity index (χ3n) is 1.80. The van der Waals surface area contributed by atoms with E-state index in [9.17, 15) is 0 Å². The summed E-state index contributed by atoms with van der Waals surface area (Å²) in [5.74, 6) is 0. The minimum atomic E-state index is -0.125.